The van der Waals surface area contributed by atoms with E-state index in [1.807, 2.05) is 0 Å². The molecular weight excluding hydrogens is 145 g/mol. The monoisotopic (exact) mass is 158 g/mol. The van der Waals surface area contributed by atoms with Crippen LogP contribution in [0.1, 0.15) is 32.6 Å². The number of rotatable bonds is 4. The molecular formula is C6H14NNi-. The Balaban J connectivity index is 0. The molecule has 0 saturated carbocycles. The van der Waals surface area contributed by atoms with Gasteiger partial charge in [-0.1, -0.05) is 26.2 Å². The Morgan fingerprint density at radius 2 is 2.00 bits per heavy atom. The van der Waals surface area contributed by atoms with Crippen LogP contribution in [0.15, 0.2) is 0 Å². The van der Waals surface area contributed by atoms with E-state index in [0.29, 0.717) is 0 Å². The first-order valence-corrected chi connectivity index (χ1v) is 2.95. The Labute approximate surface area is 62.0 Å². The van der Waals surface area contributed by atoms with Crippen molar-refractivity contribution >= 4 is 0 Å². The zero-order valence-electron chi connectivity index (χ0n) is 5.30. The molecule has 0 aromatic carbocycles. The summed E-state index contributed by atoms with van der Waals surface area (Å²) in [6.07, 6.45) is 4.93. The second kappa shape index (κ2) is 10.4. The second-order valence-electron chi connectivity index (χ2n) is 1.73. The zero-order chi connectivity index (χ0) is 5.54. The van der Waals surface area contributed by atoms with E-state index in [1.165, 1.54) is 19.3 Å². The van der Waals surface area contributed by atoms with Gasteiger partial charge in [0.1, 0.15) is 0 Å². The Hall–Kier alpha value is 0.454. The normalized spacial score (nSPS) is 8.25. The van der Waals surface area contributed by atoms with E-state index in [4.69, 9.17) is 5.73 Å². The predicted octanol–water partition coefficient (Wildman–Crippen LogP) is 1.68. The molecule has 0 aliphatic carbocycles. The molecule has 0 heterocycles. The maximum absolute atomic E-state index is 5.14. The van der Waals surface area contributed by atoms with Crippen molar-refractivity contribution in [1.82, 2.24) is 0 Å². The third kappa shape index (κ3) is 9.68. The van der Waals surface area contributed by atoms with Crippen molar-refractivity contribution in [3.8, 4) is 0 Å². The van der Waals surface area contributed by atoms with Crippen LogP contribution in [0.2, 0.25) is 0 Å². The van der Waals surface area contributed by atoms with Gasteiger partial charge in [0, 0.05) is 16.5 Å². The minimum Gasteiger partial charge on any atom is -0.483 e. The molecule has 0 saturated heterocycles. The molecule has 0 rings (SSSR count). The molecule has 2 N–H and O–H groups in total. The molecule has 1 nitrogen and oxygen atoms in total. The van der Waals surface area contributed by atoms with Gasteiger partial charge in [0.05, 0.1) is 0 Å². The molecule has 0 unspecified atom stereocenters. The van der Waals surface area contributed by atoms with Gasteiger partial charge in [0.15, 0.2) is 0 Å². The first-order chi connectivity index (χ1) is 3.41. The van der Waals surface area contributed by atoms with Crippen molar-refractivity contribution < 1.29 is 16.5 Å². The van der Waals surface area contributed by atoms with Crippen LogP contribution in [0.5, 0.6) is 0 Å². The molecule has 0 spiro atoms. The summed E-state index contributed by atoms with van der Waals surface area (Å²) in [5.74, 6) is 0. The van der Waals surface area contributed by atoms with Crippen LogP contribution in [-0.4, -0.2) is 0 Å². The summed E-state index contributed by atoms with van der Waals surface area (Å²) in [5, 5.41) is 0. The summed E-state index contributed by atoms with van der Waals surface area (Å²) in [6.45, 7) is 3.92. The first kappa shape index (κ1) is 11.3. The summed E-state index contributed by atoms with van der Waals surface area (Å²) < 4.78 is 0. The van der Waals surface area contributed by atoms with Crippen LogP contribution in [0.25, 0.3) is 0 Å². The second-order valence-corrected chi connectivity index (χ2v) is 1.73. The van der Waals surface area contributed by atoms with Gasteiger partial charge >= 0.3 is 0 Å². The van der Waals surface area contributed by atoms with E-state index in [1.54, 1.807) is 6.54 Å². The minimum absolute atomic E-state index is 0. The van der Waals surface area contributed by atoms with Crippen molar-refractivity contribution in [3.05, 3.63) is 6.54 Å². The molecule has 0 atom stereocenters. The fraction of sp³-hybridized carbons (Fsp3) is 0.833. The van der Waals surface area contributed by atoms with Crippen LogP contribution in [-0.2, 0) is 16.5 Å². The number of unbranched alkanes of at least 4 members (excludes halogenated alkanes) is 3. The Bertz CT molecular complexity index is 27.7. The molecule has 0 fully saturated rings. The molecule has 0 bridgehead atoms. The largest absolute Gasteiger partial charge is 0.483 e. The molecule has 0 aromatic heterocycles. The van der Waals surface area contributed by atoms with Crippen molar-refractivity contribution in [3.63, 3.8) is 0 Å². The van der Waals surface area contributed by atoms with Crippen LogP contribution < -0.4 is 5.73 Å². The third-order valence-corrected chi connectivity index (χ3v) is 0.974. The van der Waals surface area contributed by atoms with Gasteiger partial charge in [-0.15, -0.1) is 0 Å². The van der Waals surface area contributed by atoms with E-state index < -0.39 is 0 Å². The average Bonchev–Trinajstić information content (AvgIpc) is 1.69. The van der Waals surface area contributed by atoms with Crippen LogP contribution in [0.4, 0.5) is 0 Å². The van der Waals surface area contributed by atoms with Gasteiger partial charge in [-0.05, 0) is 0 Å². The van der Waals surface area contributed by atoms with Crippen LogP contribution in [0.3, 0.4) is 0 Å². The molecule has 0 radical (unpaired) electrons. The van der Waals surface area contributed by atoms with E-state index in [0.717, 1.165) is 6.42 Å². The van der Waals surface area contributed by atoms with E-state index in [-0.39, 0.29) is 16.5 Å². The average molecular weight is 159 g/mol. The Morgan fingerprint density at radius 3 is 2.38 bits per heavy atom. The van der Waals surface area contributed by atoms with E-state index >= 15 is 0 Å². The number of hydrogen-bond donors (Lipinski definition) is 1. The molecule has 0 aliphatic rings. The summed E-state index contributed by atoms with van der Waals surface area (Å²) in [7, 11) is 0. The van der Waals surface area contributed by atoms with Crippen molar-refractivity contribution in [2.75, 3.05) is 0 Å². The fourth-order valence-corrected chi connectivity index (χ4v) is 0.512. The van der Waals surface area contributed by atoms with E-state index in [2.05, 4.69) is 6.92 Å². The smallest absolute Gasteiger partial charge is 0 e. The molecule has 2 heteroatoms. The summed E-state index contributed by atoms with van der Waals surface area (Å²) >= 11 is 0. The zero-order valence-corrected chi connectivity index (χ0v) is 6.29. The van der Waals surface area contributed by atoms with Crippen LogP contribution in [0, 0.1) is 6.54 Å². The van der Waals surface area contributed by atoms with Crippen molar-refractivity contribution in [2.45, 2.75) is 32.6 Å². The number of hydrogen-bond acceptors (Lipinski definition) is 1. The summed E-state index contributed by atoms with van der Waals surface area (Å²) in [6, 6.07) is 0. The third-order valence-electron chi connectivity index (χ3n) is 0.974. The quantitative estimate of drug-likeness (QED) is 0.376. The van der Waals surface area contributed by atoms with Crippen molar-refractivity contribution in [2.24, 2.45) is 5.73 Å². The molecule has 0 amide bonds. The standard InChI is InChI=1S/C6H14N.Ni/c1-2-3-4-5-6-7;/h6H,2-5,7H2,1H3;/q-1;. The fourth-order valence-electron chi connectivity index (χ4n) is 0.512. The molecule has 54 valence electrons. The predicted molar refractivity (Wildman–Crippen MR) is 32.6 cm³/mol. The van der Waals surface area contributed by atoms with Gasteiger partial charge in [0.25, 0.3) is 0 Å². The maximum atomic E-state index is 5.14. The molecule has 0 aliphatic heterocycles. The Morgan fingerprint density at radius 1 is 1.38 bits per heavy atom. The van der Waals surface area contributed by atoms with Gasteiger partial charge in [-0.2, -0.15) is 6.42 Å². The maximum Gasteiger partial charge on any atom is 0 e. The SMILES string of the molecule is CCCCC[CH-]N.[Ni]. The number of nitrogens with two attached hydrogens (primary N) is 1. The van der Waals surface area contributed by atoms with Gasteiger partial charge in [-0.3, -0.25) is 6.54 Å². The first-order valence-electron chi connectivity index (χ1n) is 2.95. The minimum atomic E-state index is 0. The van der Waals surface area contributed by atoms with Gasteiger partial charge in [-0.25, -0.2) is 0 Å². The van der Waals surface area contributed by atoms with E-state index in [9.17, 15) is 0 Å². The summed E-state index contributed by atoms with van der Waals surface area (Å²) in [4.78, 5) is 0. The van der Waals surface area contributed by atoms with Crippen LogP contribution >= 0.6 is 0 Å². The topological polar surface area (TPSA) is 26.0 Å². The van der Waals surface area contributed by atoms with Gasteiger partial charge in [0.2, 0.25) is 0 Å². The Kier molecular flexibility index (Phi) is 14.7. The van der Waals surface area contributed by atoms with Crippen molar-refractivity contribution in [1.29, 1.82) is 0 Å². The summed E-state index contributed by atoms with van der Waals surface area (Å²) in [5.41, 5.74) is 5.14. The van der Waals surface area contributed by atoms with Gasteiger partial charge < -0.3 is 5.73 Å². The molecule has 0 aromatic rings. The molecule has 8 heavy (non-hydrogen) atoms.